The summed E-state index contributed by atoms with van der Waals surface area (Å²) in [7, 11) is -3.50. The van der Waals surface area contributed by atoms with Gasteiger partial charge < -0.3 is 15.0 Å². The third-order valence-electron chi connectivity index (χ3n) is 4.08. The number of nitrogens with one attached hydrogen (secondary N) is 1. The zero-order valence-electron chi connectivity index (χ0n) is 15.2. The molecule has 0 fully saturated rings. The highest BCUT2D eigenvalue weighted by atomic mass is 32.2. The maximum Gasteiger partial charge on any atom is 0.340 e. The summed E-state index contributed by atoms with van der Waals surface area (Å²) in [6.45, 7) is 1.13. The number of carbonyl (C=O) groups excluding carboxylic acids is 2. The van der Waals surface area contributed by atoms with Crippen LogP contribution in [0.3, 0.4) is 0 Å². The van der Waals surface area contributed by atoms with E-state index in [1.54, 1.807) is 6.92 Å². The highest BCUT2D eigenvalue weighted by molar-refractivity contribution is 7.90. The molecule has 0 saturated heterocycles. The zero-order chi connectivity index (χ0) is 21.2. The molecule has 0 aromatic heterocycles. The smallest absolute Gasteiger partial charge is 0.340 e. The van der Waals surface area contributed by atoms with Gasteiger partial charge in [0.25, 0.3) is 21.6 Å². The molecule has 1 aromatic rings. The summed E-state index contributed by atoms with van der Waals surface area (Å²) >= 11 is 0. The standard InChI is InChI=1S/C17H16N4O7S/c1-11-2-4-13(8-14(11)21(24)25)18-16(22)10-28-17(23)12-3-5-15-19-29(26,27)7-6-20(15)9-12/h2-5,8-9H,6-7,10H2,1H3,(H,18,22). The summed E-state index contributed by atoms with van der Waals surface area (Å²) in [6.07, 6.45) is 4.12. The van der Waals surface area contributed by atoms with Gasteiger partial charge in [0.15, 0.2) is 6.61 Å². The number of rotatable bonds is 5. The second kappa shape index (κ2) is 7.83. The van der Waals surface area contributed by atoms with Crippen LogP contribution in [-0.4, -0.2) is 54.9 Å². The number of carbonyl (C=O) groups is 2. The van der Waals surface area contributed by atoms with E-state index in [9.17, 15) is 28.1 Å². The van der Waals surface area contributed by atoms with Gasteiger partial charge in [0, 0.05) is 30.1 Å². The molecular formula is C17H16N4O7S. The molecule has 12 heteroatoms. The first-order valence-corrected chi connectivity index (χ1v) is 9.97. The van der Waals surface area contributed by atoms with Gasteiger partial charge in [0.1, 0.15) is 5.84 Å². The highest BCUT2D eigenvalue weighted by Crippen LogP contribution is 2.22. The SMILES string of the molecule is Cc1ccc(NC(=O)COC(=O)C2=CN3CCS(=O)(=O)N=C3C=C2)cc1[N+](=O)[O-]. The van der Waals surface area contributed by atoms with Crippen LogP contribution in [0.5, 0.6) is 0 Å². The predicted octanol–water partition coefficient (Wildman–Crippen LogP) is 0.883. The van der Waals surface area contributed by atoms with Crippen LogP contribution < -0.4 is 5.32 Å². The highest BCUT2D eigenvalue weighted by Gasteiger charge is 2.25. The van der Waals surface area contributed by atoms with Crippen LogP contribution >= 0.6 is 0 Å². The van der Waals surface area contributed by atoms with Crippen molar-refractivity contribution in [1.29, 1.82) is 0 Å². The van der Waals surface area contributed by atoms with Gasteiger partial charge in [0.05, 0.1) is 16.2 Å². The fourth-order valence-corrected chi connectivity index (χ4v) is 3.59. The minimum atomic E-state index is -3.50. The Morgan fingerprint density at radius 3 is 2.83 bits per heavy atom. The van der Waals surface area contributed by atoms with Crippen LogP contribution in [0.2, 0.25) is 0 Å². The molecule has 29 heavy (non-hydrogen) atoms. The second-order valence-corrected chi connectivity index (χ2v) is 7.98. The fourth-order valence-electron chi connectivity index (χ4n) is 2.62. The number of ether oxygens (including phenoxy) is 1. The van der Waals surface area contributed by atoms with Crippen molar-refractivity contribution in [2.45, 2.75) is 6.92 Å². The Morgan fingerprint density at radius 1 is 1.34 bits per heavy atom. The average molecular weight is 420 g/mol. The van der Waals surface area contributed by atoms with E-state index in [1.165, 1.54) is 41.5 Å². The molecule has 2 aliphatic heterocycles. The topological polar surface area (TPSA) is 148 Å². The minimum Gasteiger partial charge on any atom is -0.452 e. The number of aryl methyl sites for hydroxylation is 1. The summed E-state index contributed by atoms with van der Waals surface area (Å²) in [5, 5.41) is 13.4. The zero-order valence-corrected chi connectivity index (χ0v) is 16.0. The van der Waals surface area contributed by atoms with Gasteiger partial charge in [-0.15, -0.1) is 4.40 Å². The number of amidine groups is 1. The predicted molar refractivity (Wildman–Crippen MR) is 103 cm³/mol. The number of amides is 1. The molecule has 0 bridgehead atoms. The van der Waals surface area contributed by atoms with Crippen molar-refractivity contribution in [2.75, 3.05) is 24.2 Å². The quantitative estimate of drug-likeness (QED) is 0.419. The molecule has 1 aromatic carbocycles. The molecular weight excluding hydrogens is 404 g/mol. The number of hydrogen-bond acceptors (Lipinski definition) is 8. The van der Waals surface area contributed by atoms with E-state index in [2.05, 4.69) is 9.71 Å². The Labute approximate surface area is 165 Å². The third kappa shape index (κ3) is 4.85. The van der Waals surface area contributed by atoms with Crippen LogP contribution in [0, 0.1) is 17.0 Å². The molecule has 0 spiro atoms. The first kappa shape index (κ1) is 20.2. The van der Waals surface area contributed by atoms with Crippen LogP contribution in [0.1, 0.15) is 5.56 Å². The number of hydrogen-bond donors (Lipinski definition) is 1. The molecule has 0 aliphatic carbocycles. The average Bonchev–Trinajstić information content (AvgIpc) is 2.66. The first-order valence-electron chi connectivity index (χ1n) is 8.36. The van der Waals surface area contributed by atoms with Gasteiger partial charge in [0.2, 0.25) is 0 Å². The van der Waals surface area contributed by atoms with E-state index in [0.717, 1.165) is 0 Å². The molecule has 11 nitrogen and oxygen atoms in total. The van der Waals surface area contributed by atoms with E-state index in [0.29, 0.717) is 5.56 Å². The summed E-state index contributed by atoms with van der Waals surface area (Å²) in [4.78, 5) is 36.0. The maximum absolute atomic E-state index is 12.1. The van der Waals surface area contributed by atoms with E-state index in [4.69, 9.17) is 4.74 Å². The molecule has 0 radical (unpaired) electrons. The molecule has 0 saturated carbocycles. The lowest BCUT2D eigenvalue weighted by Crippen LogP contribution is -2.37. The number of benzene rings is 1. The minimum absolute atomic E-state index is 0.127. The van der Waals surface area contributed by atoms with E-state index in [-0.39, 0.29) is 35.1 Å². The molecule has 1 amide bonds. The summed E-state index contributed by atoms with van der Waals surface area (Å²) in [6, 6.07) is 4.21. The van der Waals surface area contributed by atoms with Crippen LogP contribution in [0.15, 0.2) is 46.5 Å². The Morgan fingerprint density at radius 2 is 2.10 bits per heavy atom. The number of fused-ring (bicyclic) bond motifs is 1. The monoisotopic (exact) mass is 420 g/mol. The van der Waals surface area contributed by atoms with Crippen molar-refractivity contribution in [2.24, 2.45) is 4.40 Å². The molecule has 0 atom stereocenters. The van der Waals surface area contributed by atoms with Crippen molar-refractivity contribution in [3.8, 4) is 0 Å². The number of nitro groups is 1. The molecule has 3 rings (SSSR count). The fraction of sp³-hybridized carbons (Fsp3) is 0.235. The van der Waals surface area contributed by atoms with Gasteiger partial charge in [-0.1, -0.05) is 6.07 Å². The lowest BCUT2D eigenvalue weighted by atomic mass is 10.2. The van der Waals surface area contributed by atoms with Gasteiger partial charge in [-0.2, -0.15) is 0 Å². The lowest BCUT2D eigenvalue weighted by Gasteiger charge is -2.26. The van der Waals surface area contributed by atoms with Crippen molar-refractivity contribution in [3.63, 3.8) is 0 Å². The second-order valence-electron chi connectivity index (χ2n) is 6.23. The number of nitrogens with zero attached hydrogens (tertiary/aromatic N) is 3. The van der Waals surface area contributed by atoms with Gasteiger partial charge >= 0.3 is 5.97 Å². The molecule has 1 N–H and O–H groups in total. The number of sulfonamides is 1. The Bertz CT molecular complexity index is 1090. The van der Waals surface area contributed by atoms with E-state index >= 15 is 0 Å². The molecule has 2 aliphatic rings. The van der Waals surface area contributed by atoms with Crippen molar-refractivity contribution < 1.29 is 27.7 Å². The Hall–Kier alpha value is -3.54. The van der Waals surface area contributed by atoms with Gasteiger partial charge in [-0.25, -0.2) is 13.2 Å². The number of anilines is 1. The lowest BCUT2D eigenvalue weighted by molar-refractivity contribution is -0.385. The maximum atomic E-state index is 12.1. The number of esters is 1. The van der Waals surface area contributed by atoms with Gasteiger partial charge in [-0.05, 0) is 25.1 Å². The third-order valence-corrected chi connectivity index (χ3v) is 5.25. The summed E-state index contributed by atoms with van der Waals surface area (Å²) in [5.41, 5.74) is 0.639. The van der Waals surface area contributed by atoms with Crippen molar-refractivity contribution >= 4 is 39.1 Å². The van der Waals surface area contributed by atoms with Crippen molar-refractivity contribution in [3.05, 3.63) is 57.8 Å². The Balaban J connectivity index is 1.58. The summed E-state index contributed by atoms with van der Waals surface area (Å²) < 4.78 is 31.5. The normalized spacial score (nSPS) is 16.9. The van der Waals surface area contributed by atoms with Crippen molar-refractivity contribution in [1.82, 2.24) is 4.90 Å². The first-order chi connectivity index (χ1) is 13.6. The van der Waals surface area contributed by atoms with Gasteiger partial charge in [-0.3, -0.25) is 14.9 Å². The van der Waals surface area contributed by atoms with Crippen LogP contribution in [0.4, 0.5) is 11.4 Å². The van der Waals surface area contributed by atoms with E-state index < -0.39 is 33.4 Å². The summed E-state index contributed by atoms with van der Waals surface area (Å²) in [5.74, 6) is -1.41. The number of nitro benzene ring substituents is 1. The van der Waals surface area contributed by atoms with Crippen LogP contribution in [0.25, 0.3) is 0 Å². The largest absolute Gasteiger partial charge is 0.452 e. The molecule has 152 valence electrons. The molecule has 2 heterocycles. The molecule has 0 unspecified atom stereocenters. The Kier molecular flexibility index (Phi) is 5.46. The van der Waals surface area contributed by atoms with E-state index in [1.807, 2.05) is 0 Å². The van der Waals surface area contributed by atoms with Crippen LogP contribution in [-0.2, 0) is 24.3 Å².